The molecule has 0 radical (unpaired) electrons. The predicted molar refractivity (Wildman–Crippen MR) is 95.9 cm³/mol. The van der Waals surface area contributed by atoms with Crippen LogP contribution in [0.3, 0.4) is 0 Å². The van der Waals surface area contributed by atoms with Crippen LogP contribution in [0.25, 0.3) is 15.7 Å². The van der Waals surface area contributed by atoms with Gasteiger partial charge >= 0.3 is 0 Å². The van der Waals surface area contributed by atoms with Gasteiger partial charge in [-0.1, -0.05) is 49.4 Å². The second kappa shape index (κ2) is 6.65. The van der Waals surface area contributed by atoms with Crippen LogP contribution in [-0.4, -0.2) is 10.1 Å². The molecule has 0 aliphatic rings. The molecule has 24 heavy (non-hydrogen) atoms. The Balaban J connectivity index is 2.15. The first-order valence-corrected chi connectivity index (χ1v) is 8.22. The zero-order valence-corrected chi connectivity index (χ0v) is 13.7. The zero-order valence-electron chi connectivity index (χ0n) is 12.9. The van der Waals surface area contributed by atoms with Gasteiger partial charge in [0.15, 0.2) is 0 Å². The molecule has 0 aliphatic heterocycles. The van der Waals surface area contributed by atoms with Gasteiger partial charge in [0.05, 0.1) is 5.39 Å². The Kier molecular flexibility index (Phi) is 4.41. The van der Waals surface area contributed by atoms with Crippen LogP contribution >= 0.6 is 11.3 Å². The highest BCUT2D eigenvalue weighted by molar-refractivity contribution is 7.19. The fraction of sp³-hybridized carbons (Fsp3) is 0.105. The Morgan fingerprint density at radius 3 is 2.54 bits per heavy atom. The van der Waals surface area contributed by atoms with Crippen molar-refractivity contribution >= 4 is 27.0 Å². The number of aliphatic hydroxyl groups is 1. The smallest absolute Gasteiger partial charge is 0.279 e. The molecule has 1 atom stereocenters. The Hall–Kier alpha value is -2.97. The van der Waals surface area contributed by atoms with E-state index >= 15 is 0 Å². The van der Waals surface area contributed by atoms with Crippen molar-refractivity contribution < 1.29 is 5.11 Å². The SMILES string of the molecule is CC(C(O)=C(C#N)c1nc(=O)c2ccccc2s1)c1ccccc1. The lowest BCUT2D eigenvalue weighted by atomic mass is 9.96. The first-order valence-electron chi connectivity index (χ1n) is 7.40. The van der Waals surface area contributed by atoms with Crippen LogP contribution in [0.2, 0.25) is 0 Å². The zero-order chi connectivity index (χ0) is 17.1. The molecule has 1 unspecified atom stereocenters. The van der Waals surface area contributed by atoms with Gasteiger partial charge in [0.2, 0.25) is 0 Å². The first kappa shape index (κ1) is 15.9. The summed E-state index contributed by atoms with van der Waals surface area (Å²) in [6.45, 7) is 1.81. The molecule has 5 heteroatoms. The number of hydrogen-bond acceptors (Lipinski definition) is 5. The number of benzene rings is 2. The molecule has 0 aliphatic carbocycles. The van der Waals surface area contributed by atoms with Gasteiger partial charge in [-0.2, -0.15) is 10.2 Å². The quantitative estimate of drug-likeness (QED) is 0.574. The molecule has 4 nitrogen and oxygen atoms in total. The Morgan fingerprint density at radius 2 is 1.83 bits per heavy atom. The maximum atomic E-state index is 12.2. The number of rotatable bonds is 3. The van der Waals surface area contributed by atoms with Crippen molar-refractivity contribution in [1.82, 2.24) is 4.98 Å². The summed E-state index contributed by atoms with van der Waals surface area (Å²) < 4.78 is 0.736. The number of hydrogen-bond donors (Lipinski definition) is 1. The number of nitrogens with zero attached hydrogens (tertiary/aromatic N) is 2. The topological polar surface area (TPSA) is 74.0 Å². The van der Waals surface area contributed by atoms with Gasteiger partial charge in [-0.15, -0.1) is 11.3 Å². The van der Waals surface area contributed by atoms with Crippen LogP contribution in [0.4, 0.5) is 0 Å². The molecular formula is C19H14N2O2S. The third-order valence-corrected chi connectivity index (χ3v) is 4.88. The third-order valence-electron chi connectivity index (χ3n) is 3.82. The minimum atomic E-state index is -0.396. The molecule has 0 fully saturated rings. The lowest BCUT2D eigenvalue weighted by Gasteiger charge is -2.12. The summed E-state index contributed by atoms with van der Waals surface area (Å²) in [5.41, 5.74) is 0.530. The van der Waals surface area contributed by atoms with Gasteiger partial charge in [-0.25, -0.2) is 0 Å². The van der Waals surface area contributed by atoms with Crippen molar-refractivity contribution in [2.75, 3.05) is 0 Å². The van der Waals surface area contributed by atoms with Crippen molar-refractivity contribution in [3.05, 3.63) is 81.3 Å². The van der Waals surface area contributed by atoms with E-state index in [2.05, 4.69) is 4.98 Å². The van der Waals surface area contributed by atoms with Crippen LogP contribution in [0.15, 0.2) is 65.2 Å². The van der Waals surface area contributed by atoms with Gasteiger partial charge in [0.25, 0.3) is 5.56 Å². The van der Waals surface area contributed by atoms with Gasteiger partial charge < -0.3 is 5.11 Å². The van der Waals surface area contributed by atoms with Crippen molar-refractivity contribution in [2.45, 2.75) is 12.8 Å². The van der Waals surface area contributed by atoms with Gasteiger partial charge in [0.1, 0.15) is 22.4 Å². The molecule has 0 saturated heterocycles. The van der Waals surface area contributed by atoms with E-state index < -0.39 is 5.56 Å². The predicted octanol–water partition coefficient (Wildman–Crippen LogP) is 4.25. The molecule has 0 spiro atoms. The average molecular weight is 334 g/mol. The minimum Gasteiger partial charge on any atom is -0.510 e. The van der Waals surface area contributed by atoms with Crippen molar-refractivity contribution in [3.63, 3.8) is 0 Å². The van der Waals surface area contributed by atoms with Crippen LogP contribution in [0.1, 0.15) is 23.4 Å². The highest BCUT2D eigenvalue weighted by Crippen LogP contribution is 2.30. The maximum Gasteiger partial charge on any atom is 0.279 e. The van der Waals surface area contributed by atoms with E-state index in [0.29, 0.717) is 5.39 Å². The molecule has 1 heterocycles. The molecule has 118 valence electrons. The highest BCUT2D eigenvalue weighted by Gasteiger charge is 2.19. The lowest BCUT2D eigenvalue weighted by molar-refractivity contribution is 0.378. The first-order chi connectivity index (χ1) is 11.6. The molecule has 1 N–H and O–H groups in total. The van der Waals surface area contributed by atoms with Gasteiger partial charge in [-0.3, -0.25) is 4.79 Å². The maximum absolute atomic E-state index is 12.2. The summed E-state index contributed by atoms with van der Waals surface area (Å²) in [4.78, 5) is 16.2. The lowest BCUT2D eigenvalue weighted by Crippen LogP contribution is -2.09. The van der Waals surface area contributed by atoms with E-state index in [1.54, 1.807) is 18.2 Å². The number of aromatic nitrogens is 1. The summed E-state index contributed by atoms with van der Waals surface area (Å²) in [7, 11) is 0. The number of aliphatic hydroxyl groups excluding tert-OH is 1. The Labute approximate surface area is 143 Å². The van der Waals surface area contributed by atoms with Crippen molar-refractivity contribution in [1.29, 1.82) is 5.26 Å². The van der Waals surface area contributed by atoms with Crippen LogP contribution < -0.4 is 5.56 Å². The summed E-state index contributed by atoms with van der Waals surface area (Å²) in [5.74, 6) is -0.446. The summed E-state index contributed by atoms with van der Waals surface area (Å²) >= 11 is 1.22. The van der Waals surface area contributed by atoms with E-state index in [4.69, 9.17) is 0 Å². The van der Waals surface area contributed by atoms with Crippen molar-refractivity contribution in [2.24, 2.45) is 0 Å². The van der Waals surface area contributed by atoms with Crippen molar-refractivity contribution in [3.8, 4) is 6.07 Å². The van der Waals surface area contributed by atoms with E-state index in [0.717, 1.165) is 10.3 Å². The normalized spacial score (nSPS) is 13.2. The third kappa shape index (κ3) is 2.92. The molecule has 0 saturated carbocycles. The van der Waals surface area contributed by atoms with Gasteiger partial charge in [-0.05, 0) is 17.7 Å². The molecule has 1 aromatic heterocycles. The molecule has 0 amide bonds. The summed E-state index contributed by atoms with van der Waals surface area (Å²) in [6.07, 6.45) is 0. The summed E-state index contributed by atoms with van der Waals surface area (Å²) in [5, 5.41) is 20.8. The average Bonchev–Trinajstić information content (AvgIpc) is 2.62. The van der Waals surface area contributed by atoms with E-state index in [-0.39, 0.29) is 22.3 Å². The van der Waals surface area contributed by atoms with Crippen LogP contribution in [-0.2, 0) is 0 Å². The van der Waals surface area contributed by atoms with E-state index in [9.17, 15) is 15.2 Å². The second-order valence-corrected chi connectivity index (χ2v) is 6.36. The van der Waals surface area contributed by atoms with Crippen LogP contribution in [0.5, 0.6) is 0 Å². The molecule has 0 bridgehead atoms. The number of fused-ring (bicyclic) bond motifs is 1. The second-order valence-electron chi connectivity index (χ2n) is 5.32. The highest BCUT2D eigenvalue weighted by atomic mass is 32.1. The monoisotopic (exact) mass is 334 g/mol. The van der Waals surface area contributed by atoms with Crippen LogP contribution in [0, 0.1) is 11.3 Å². The Morgan fingerprint density at radius 1 is 1.17 bits per heavy atom. The molecule has 3 aromatic rings. The minimum absolute atomic E-state index is 0.0409. The summed E-state index contributed by atoms with van der Waals surface area (Å²) in [6, 6.07) is 18.5. The largest absolute Gasteiger partial charge is 0.510 e. The number of allylic oxidation sites excluding steroid dienone is 2. The van der Waals surface area contributed by atoms with Gasteiger partial charge in [0, 0.05) is 10.6 Å². The molecule has 3 rings (SSSR count). The number of nitriles is 1. The standard InChI is InChI=1S/C19H14N2O2S/c1-12(13-7-3-2-4-8-13)17(22)15(11-20)19-21-18(23)14-9-5-6-10-16(14)24-19/h2-10,12,22H,1H3. The molecular weight excluding hydrogens is 320 g/mol. The van der Waals surface area contributed by atoms with E-state index in [1.165, 1.54) is 11.3 Å². The fourth-order valence-corrected chi connectivity index (χ4v) is 3.45. The Bertz CT molecular complexity index is 1020. The molecule has 2 aromatic carbocycles. The fourth-order valence-electron chi connectivity index (χ4n) is 2.45. The van der Waals surface area contributed by atoms with E-state index in [1.807, 2.05) is 49.4 Å².